The molecule has 2 rings (SSSR count). The first-order valence-electron chi connectivity index (χ1n) is 6.64. The third-order valence-corrected chi connectivity index (χ3v) is 3.39. The van der Waals surface area contributed by atoms with Crippen LogP contribution in [-0.2, 0) is 16.6 Å². The Bertz CT molecular complexity index is 808. The number of methoxy groups -OCH3 is 1. The monoisotopic (exact) mass is 320 g/mol. The zero-order valence-electron chi connectivity index (χ0n) is 12.6. The lowest BCUT2D eigenvalue weighted by atomic mass is 9.89. The van der Waals surface area contributed by atoms with Crippen molar-refractivity contribution in [1.29, 1.82) is 0 Å². The minimum atomic E-state index is -0.838. The van der Waals surface area contributed by atoms with Gasteiger partial charge in [-0.05, 0) is 5.56 Å². The second-order valence-electron chi connectivity index (χ2n) is 4.96. The molecule has 0 saturated carbocycles. The maximum absolute atomic E-state index is 12.2. The molecule has 122 valence electrons. The highest BCUT2D eigenvalue weighted by Crippen LogP contribution is 2.33. The third kappa shape index (κ3) is 3.23. The van der Waals surface area contributed by atoms with Crippen LogP contribution in [0.3, 0.4) is 0 Å². The molecule has 0 radical (unpaired) electrons. The molecular weight excluding hydrogens is 304 g/mol. The minimum absolute atomic E-state index is 0.139. The topological polar surface area (TPSA) is 140 Å². The Labute approximate surface area is 130 Å². The number of aromatic amines is 1. The molecule has 0 saturated heterocycles. The summed E-state index contributed by atoms with van der Waals surface area (Å²) in [5.41, 5.74) is 4.77. The molecule has 2 heterocycles. The van der Waals surface area contributed by atoms with Crippen molar-refractivity contribution in [1.82, 2.24) is 14.8 Å². The van der Waals surface area contributed by atoms with E-state index in [9.17, 15) is 19.5 Å². The number of hydrogen-bond donors (Lipinski definition) is 3. The van der Waals surface area contributed by atoms with Crippen molar-refractivity contribution < 1.29 is 19.4 Å². The summed E-state index contributed by atoms with van der Waals surface area (Å²) in [7, 11) is 2.81. The van der Waals surface area contributed by atoms with Crippen molar-refractivity contribution in [2.24, 2.45) is 12.8 Å². The highest BCUT2D eigenvalue weighted by atomic mass is 16.5. The molecule has 0 unspecified atom stereocenters. The van der Waals surface area contributed by atoms with Crippen LogP contribution in [-0.4, -0.2) is 38.9 Å². The number of aromatic nitrogens is 3. The van der Waals surface area contributed by atoms with Gasteiger partial charge in [0, 0.05) is 31.8 Å². The van der Waals surface area contributed by atoms with Gasteiger partial charge >= 0.3 is 5.97 Å². The predicted octanol–water partition coefficient (Wildman–Crippen LogP) is -0.392. The van der Waals surface area contributed by atoms with Crippen LogP contribution < -0.4 is 11.3 Å². The number of aromatic hydroxyl groups is 1. The molecule has 9 heteroatoms. The van der Waals surface area contributed by atoms with Gasteiger partial charge in [0.05, 0.1) is 18.9 Å². The van der Waals surface area contributed by atoms with Crippen LogP contribution >= 0.6 is 0 Å². The van der Waals surface area contributed by atoms with Gasteiger partial charge in [-0.15, -0.1) is 0 Å². The van der Waals surface area contributed by atoms with E-state index in [0.29, 0.717) is 5.56 Å². The van der Waals surface area contributed by atoms with Gasteiger partial charge in [-0.3, -0.25) is 14.3 Å². The van der Waals surface area contributed by atoms with Crippen molar-refractivity contribution in [3.05, 3.63) is 45.6 Å². The largest absolute Gasteiger partial charge is 0.506 e. The Morgan fingerprint density at radius 3 is 2.74 bits per heavy atom. The van der Waals surface area contributed by atoms with Crippen molar-refractivity contribution in [2.45, 2.75) is 12.3 Å². The fraction of sp³-hybridized carbons (Fsp3) is 0.286. The molecule has 23 heavy (non-hydrogen) atoms. The molecule has 4 N–H and O–H groups in total. The average Bonchev–Trinajstić information content (AvgIpc) is 2.91. The molecule has 0 fully saturated rings. The van der Waals surface area contributed by atoms with Crippen molar-refractivity contribution in [3.63, 3.8) is 0 Å². The number of pyridine rings is 1. The standard InChI is InChI=1S/C14H16N4O5/c1-18-6-7(4-17-18)8(3-10(15)19)11-12(20)9(14(22)23-2)5-16-13(11)21/h4-6,8H,3H2,1-2H3,(H2,15,19)(H2,16,20,21)/t8-/m0/s1. The second kappa shape index (κ2) is 6.34. The van der Waals surface area contributed by atoms with E-state index in [1.165, 1.54) is 10.9 Å². The second-order valence-corrected chi connectivity index (χ2v) is 4.96. The summed E-state index contributed by atoms with van der Waals surface area (Å²) in [6, 6.07) is 0. The van der Waals surface area contributed by atoms with Crippen LogP contribution in [0.4, 0.5) is 0 Å². The fourth-order valence-electron chi connectivity index (χ4n) is 2.33. The van der Waals surface area contributed by atoms with Crippen LogP contribution in [0.2, 0.25) is 0 Å². The van der Waals surface area contributed by atoms with Gasteiger partial charge in [0.1, 0.15) is 11.3 Å². The summed E-state index contributed by atoms with van der Waals surface area (Å²) < 4.78 is 6.04. The van der Waals surface area contributed by atoms with E-state index in [0.717, 1.165) is 13.3 Å². The van der Waals surface area contributed by atoms with Crippen LogP contribution in [0.1, 0.15) is 33.8 Å². The Hall–Kier alpha value is -3.10. The van der Waals surface area contributed by atoms with Crippen LogP contribution in [0.15, 0.2) is 23.4 Å². The van der Waals surface area contributed by atoms with Crippen molar-refractivity contribution in [2.75, 3.05) is 7.11 Å². The van der Waals surface area contributed by atoms with Gasteiger partial charge in [0.2, 0.25) is 5.91 Å². The lowest BCUT2D eigenvalue weighted by Crippen LogP contribution is -2.23. The Morgan fingerprint density at radius 2 is 2.22 bits per heavy atom. The lowest BCUT2D eigenvalue weighted by Gasteiger charge is -2.16. The summed E-state index contributed by atoms with van der Waals surface area (Å²) in [6.45, 7) is 0. The quantitative estimate of drug-likeness (QED) is 0.641. The molecule has 2 aromatic rings. The maximum Gasteiger partial charge on any atom is 0.343 e. The van der Waals surface area contributed by atoms with E-state index in [4.69, 9.17) is 5.73 Å². The van der Waals surface area contributed by atoms with Crippen LogP contribution in [0.25, 0.3) is 0 Å². The summed E-state index contributed by atoms with van der Waals surface area (Å²) in [4.78, 5) is 37.6. The number of nitrogens with zero attached hydrogens (tertiary/aromatic N) is 2. The molecular formula is C14H16N4O5. The smallest absolute Gasteiger partial charge is 0.343 e. The number of nitrogens with one attached hydrogen (secondary N) is 1. The van der Waals surface area contributed by atoms with Crippen molar-refractivity contribution >= 4 is 11.9 Å². The number of H-pyrrole nitrogens is 1. The number of primary amides is 1. The van der Waals surface area contributed by atoms with Gasteiger partial charge in [-0.25, -0.2) is 4.79 Å². The van der Waals surface area contributed by atoms with Gasteiger partial charge in [-0.2, -0.15) is 5.10 Å². The molecule has 0 aliphatic carbocycles. The first-order chi connectivity index (χ1) is 10.8. The third-order valence-electron chi connectivity index (χ3n) is 3.39. The summed E-state index contributed by atoms with van der Waals surface area (Å²) in [5.74, 6) is -2.87. The predicted molar refractivity (Wildman–Crippen MR) is 78.9 cm³/mol. The SMILES string of the molecule is COC(=O)c1c[nH]c(=O)c([C@@H](CC(N)=O)c2cnn(C)c2)c1O. The Morgan fingerprint density at radius 1 is 1.52 bits per heavy atom. The number of carbonyl (C=O) groups excluding carboxylic acids is 2. The number of nitrogens with two attached hydrogens (primary N) is 1. The van der Waals surface area contributed by atoms with Gasteiger partial charge in [0.15, 0.2) is 0 Å². The molecule has 0 bridgehead atoms. The first-order valence-corrected chi connectivity index (χ1v) is 6.64. The van der Waals surface area contributed by atoms with E-state index in [1.807, 2.05) is 0 Å². The number of ether oxygens (including phenoxy) is 1. The number of rotatable bonds is 5. The van der Waals surface area contributed by atoms with E-state index in [2.05, 4.69) is 14.8 Å². The van der Waals surface area contributed by atoms with Crippen LogP contribution in [0.5, 0.6) is 5.75 Å². The van der Waals surface area contributed by atoms with E-state index >= 15 is 0 Å². The molecule has 0 spiro atoms. The molecule has 0 aliphatic rings. The number of aryl methyl sites for hydroxylation is 1. The number of carbonyl (C=O) groups is 2. The van der Waals surface area contributed by atoms with Gasteiger partial charge < -0.3 is 20.6 Å². The van der Waals surface area contributed by atoms with Crippen molar-refractivity contribution in [3.8, 4) is 5.75 Å². The maximum atomic E-state index is 12.2. The average molecular weight is 320 g/mol. The molecule has 2 aromatic heterocycles. The Balaban J connectivity index is 2.65. The Kier molecular flexibility index (Phi) is 4.49. The van der Waals surface area contributed by atoms with E-state index < -0.39 is 29.1 Å². The first kappa shape index (κ1) is 16.3. The number of esters is 1. The number of amides is 1. The van der Waals surface area contributed by atoms with E-state index in [1.54, 1.807) is 13.2 Å². The lowest BCUT2D eigenvalue weighted by molar-refractivity contribution is -0.118. The highest BCUT2D eigenvalue weighted by molar-refractivity contribution is 5.92. The number of hydrogen-bond acceptors (Lipinski definition) is 6. The molecule has 0 aliphatic heterocycles. The van der Waals surface area contributed by atoms with E-state index in [-0.39, 0.29) is 17.5 Å². The fourth-order valence-corrected chi connectivity index (χ4v) is 2.33. The van der Waals surface area contributed by atoms with Crippen LogP contribution in [0, 0.1) is 0 Å². The molecule has 1 atom stereocenters. The molecule has 9 nitrogen and oxygen atoms in total. The zero-order valence-corrected chi connectivity index (χ0v) is 12.6. The molecule has 1 amide bonds. The minimum Gasteiger partial charge on any atom is -0.506 e. The summed E-state index contributed by atoms with van der Waals surface area (Å²) in [6.07, 6.45) is 3.87. The van der Waals surface area contributed by atoms with Gasteiger partial charge in [0.25, 0.3) is 5.56 Å². The van der Waals surface area contributed by atoms with Gasteiger partial charge in [-0.1, -0.05) is 0 Å². The zero-order chi connectivity index (χ0) is 17.1. The highest BCUT2D eigenvalue weighted by Gasteiger charge is 2.28. The normalized spacial score (nSPS) is 11.9. The summed E-state index contributed by atoms with van der Waals surface area (Å²) >= 11 is 0. The summed E-state index contributed by atoms with van der Waals surface area (Å²) in [5, 5.41) is 14.3. The molecule has 0 aromatic carbocycles.